The number of ether oxygens (including phenoxy) is 1. The zero-order valence-electron chi connectivity index (χ0n) is 17.8. The number of halogens is 1. The third kappa shape index (κ3) is 3.73. The quantitative estimate of drug-likeness (QED) is 0.479. The first-order valence-electron chi connectivity index (χ1n) is 11.7. The second-order valence-electron chi connectivity index (χ2n) is 10.0. The third-order valence-electron chi connectivity index (χ3n) is 7.69. The van der Waals surface area contributed by atoms with Gasteiger partial charge in [-0.2, -0.15) is 0 Å². The van der Waals surface area contributed by atoms with Crippen molar-refractivity contribution in [2.24, 2.45) is 17.8 Å². The first kappa shape index (κ1) is 19.3. The minimum atomic E-state index is -0.323. The molecule has 0 radical (unpaired) electrons. The number of fused-ring (bicyclic) bond motifs is 1. The van der Waals surface area contributed by atoms with Crippen LogP contribution in [0.15, 0.2) is 47.0 Å². The second-order valence-corrected chi connectivity index (χ2v) is 10.0. The number of benzene rings is 2. The molecule has 1 aromatic heterocycles. The molecule has 5 heteroatoms. The number of nitrogens with one attached hydrogen (secondary N) is 1. The molecule has 1 N–H and O–H groups in total. The first-order valence-corrected chi connectivity index (χ1v) is 11.7. The van der Waals surface area contributed by atoms with Crippen LogP contribution in [0.3, 0.4) is 0 Å². The van der Waals surface area contributed by atoms with Crippen molar-refractivity contribution in [1.82, 2.24) is 10.5 Å². The molecule has 0 saturated heterocycles. The molecule has 1 heterocycles. The summed E-state index contributed by atoms with van der Waals surface area (Å²) in [6, 6.07) is 12.4. The monoisotopic (exact) mass is 420 g/mol. The Labute approximate surface area is 182 Å². The molecule has 4 aliphatic rings. The van der Waals surface area contributed by atoms with Crippen molar-refractivity contribution in [2.45, 2.75) is 50.5 Å². The van der Waals surface area contributed by atoms with Gasteiger partial charge in [-0.3, -0.25) is 0 Å². The number of hydrogen-bond acceptors (Lipinski definition) is 4. The highest BCUT2D eigenvalue weighted by molar-refractivity contribution is 5.91. The van der Waals surface area contributed by atoms with E-state index in [1.165, 1.54) is 50.7 Å². The predicted molar refractivity (Wildman–Crippen MR) is 118 cm³/mol. The lowest BCUT2D eigenvalue weighted by Crippen LogP contribution is -2.58. The van der Waals surface area contributed by atoms with Gasteiger partial charge in [0, 0.05) is 22.6 Å². The number of rotatable bonds is 7. The molecule has 0 spiro atoms. The van der Waals surface area contributed by atoms with E-state index in [0.29, 0.717) is 17.7 Å². The van der Waals surface area contributed by atoms with E-state index in [-0.39, 0.29) is 5.82 Å². The van der Waals surface area contributed by atoms with Gasteiger partial charge in [-0.05, 0) is 106 Å². The minimum Gasteiger partial charge on any atom is -0.494 e. The molecule has 7 rings (SSSR count). The van der Waals surface area contributed by atoms with Gasteiger partial charge in [-0.1, -0.05) is 5.16 Å². The maximum Gasteiger partial charge on any atom is 0.170 e. The molecule has 2 aromatic carbocycles. The summed E-state index contributed by atoms with van der Waals surface area (Å²) >= 11 is 0. The first-order chi connectivity index (χ1) is 15.2. The van der Waals surface area contributed by atoms with Crippen LogP contribution in [0.25, 0.3) is 22.2 Å². The van der Waals surface area contributed by atoms with Gasteiger partial charge in [0.05, 0.1) is 6.61 Å². The fourth-order valence-electron chi connectivity index (χ4n) is 6.77. The van der Waals surface area contributed by atoms with Crippen LogP contribution in [0.4, 0.5) is 4.39 Å². The lowest BCUT2D eigenvalue weighted by Gasteiger charge is -2.57. The third-order valence-corrected chi connectivity index (χ3v) is 7.69. The highest BCUT2D eigenvalue weighted by atomic mass is 19.1. The Kier molecular flexibility index (Phi) is 4.75. The summed E-state index contributed by atoms with van der Waals surface area (Å²) in [7, 11) is 0. The fraction of sp³-hybridized carbons (Fsp3) is 0.500. The molecule has 31 heavy (non-hydrogen) atoms. The van der Waals surface area contributed by atoms with Crippen LogP contribution in [0.5, 0.6) is 5.75 Å². The molecule has 0 amide bonds. The number of aromatic nitrogens is 1. The molecule has 4 bridgehead atoms. The summed E-state index contributed by atoms with van der Waals surface area (Å²) in [4.78, 5) is 0. The SMILES string of the molecule is Fc1ccc2c(-c3ccc(OCCCNC45CC6CC(CC(C6)C4)C5)cc3)noc2c1. The molecule has 0 unspecified atom stereocenters. The van der Waals surface area contributed by atoms with Crippen LogP contribution in [-0.4, -0.2) is 23.8 Å². The van der Waals surface area contributed by atoms with Gasteiger partial charge in [-0.25, -0.2) is 4.39 Å². The summed E-state index contributed by atoms with van der Waals surface area (Å²) in [5, 5.41) is 8.86. The fourth-order valence-corrected chi connectivity index (χ4v) is 6.77. The summed E-state index contributed by atoms with van der Waals surface area (Å²) in [6.07, 6.45) is 9.66. The van der Waals surface area contributed by atoms with Crippen LogP contribution in [-0.2, 0) is 0 Å². The van der Waals surface area contributed by atoms with E-state index in [4.69, 9.17) is 9.26 Å². The van der Waals surface area contributed by atoms with Crippen molar-refractivity contribution in [3.05, 3.63) is 48.3 Å². The molecule has 0 atom stereocenters. The predicted octanol–water partition coefficient (Wildman–Crippen LogP) is 5.96. The Hall–Kier alpha value is -2.40. The summed E-state index contributed by atoms with van der Waals surface area (Å²) in [6.45, 7) is 1.75. The van der Waals surface area contributed by atoms with Crippen molar-refractivity contribution in [3.63, 3.8) is 0 Å². The summed E-state index contributed by atoms with van der Waals surface area (Å²) in [5.41, 5.74) is 2.55. The number of nitrogens with zero attached hydrogens (tertiary/aromatic N) is 1. The van der Waals surface area contributed by atoms with Crippen molar-refractivity contribution in [1.29, 1.82) is 0 Å². The molecule has 162 valence electrons. The molecular weight excluding hydrogens is 391 g/mol. The lowest BCUT2D eigenvalue weighted by atomic mass is 9.53. The van der Waals surface area contributed by atoms with E-state index in [9.17, 15) is 4.39 Å². The van der Waals surface area contributed by atoms with E-state index in [2.05, 4.69) is 10.5 Å². The van der Waals surface area contributed by atoms with Crippen LogP contribution < -0.4 is 10.1 Å². The Morgan fingerprint density at radius 2 is 1.71 bits per heavy atom. The van der Waals surface area contributed by atoms with Crippen molar-refractivity contribution < 1.29 is 13.7 Å². The van der Waals surface area contributed by atoms with E-state index in [1.807, 2.05) is 24.3 Å². The largest absolute Gasteiger partial charge is 0.494 e. The molecule has 4 aliphatic carbocycles. The molecule has 0 aliphatic heterocycles. The lowest BCUT2D eigenvalue weighted by molar-refractivity contribution is -0.0198. The number of hydrogen-bond donors (Lipinski definition) is 1. The topological polar surface area (TPSA) is 47.3 Å². The molecular formula is C26H29FN2O2. The van der Waals surface area contributed by atoms with E-state index < -0.39 is 0 Å². The van der Waals surface area contributed by atoms with E-state index in [1.54, 1.807) is 6.07 Å². The van der Waals surface area contributed by atoms with Gasteiger partial charge in [0.2, 0.25) is 0 Å². The van der Waals surface area contributed by atoms with Crippen molar-refractivity contribution >= 4 is 11.0 Å². The second kappa shape index (κ2) is 7.63. The van der Waals surface area contributed by atoms with Crippen LogP contribution in [0.1, 0.15) is 44.9 Å². The Morgan fingerprint density at radius 3 is 2.42 bits per heavy atom. The average Bonchev–Trinajstić information content (AvgIpc) is 3.16. The normalized spacial score (nSPS) is 29.0. The van der Waals surface area contributed by atoms with E-state index in [0.717, 1.165) is 53.1 Å². The van der Waals surface area contributed by atoms with Gasteiger partial charge in [-0.15, -0.1) is 0 Å². The highest BCUT2D eigenvalue weighted by Gasteiger charge is 2.50. The molecule has 4 saturated carbocycles. The molecule has 4 nitrogen and oxygen atoms in total. The molecule has 3 aromatic rings. The molecule has 4 fully saturated rings. The average molecular weight is 421 g/mol. The van der Waals surface area contributed by atoms with Crippen LogP contribution >= 0.6 is 0 Å². The van der Waals surface area contributed by atoms with Crippen LogP contribution in [0, 0.1) is 23.6 Å². The smallest absolute Gasteiger partial charge is 0.170 e. The zero-order chi connectivity index (χ0) is 20.8. The standard InChI is InChI=1S/C26H29FN2O2/c27-21-4-7-23-24(13-21)31-29-25(23)20-2-5-22(6-3-20)30-9-1-8-28-26-14-17-10-18(15-26)12-19(11-17)16-26/h2-7,13,17-19,28H,1,8-12,14-16H2. The van der Waals surface area contributed by atoms with Crippen LogP contribution in [0.2, 0.25) is 0 Å². The minimum absolute atomic E-state index is 0.323. The highest BCUT2D eigenvalue weighted by Crippen LogP contribution is 2.55. The Bertz CT molecular complexity index is 1040. The van der Waals surface area contributed by atoms with E-state index >= 15 is 0 Å². The summed E-state index contributed by atoms with van der Waals surface area (Å²) < 4.78 is 24.6. The maximum atomic E-state index is 13.4. The zero-order valence-corrected chi connectivity index (χ0v) is 17.8. The Morgan fingerprint density at radius 1 is 1.00 bits per heavy atom. The van der Waals surface area contributed by atoms with Gasteiger partial charge in [0.1, 0.15) is 17.3 Å². The van der Waals surface area contributed by atoms with Gasteiger partial charge >= 0.3 is 0 Å². The van der Waals surface area contributed by atoms with Crippen molar-refractivity contribution in [3.8, 4) is 17.0 Å². The van der Waals surface area contributed by atoms with Gasteiger partial charge in [0.25, 0.3) is 0 Å². The Balaban J connectivity index is 1.01. The van der Waals surface area contributed by atoms with Gasteiger partial charge in [0.15, 0.2) is 5.58 Å². The summed E-state index contributed by atoms with van der Waals surface area (Å²) in [5.74, 6) is 3.48. The van der Waals surface area contributed by atoms with Crippen molar-refractivity contribution in [2.75, 3.05) is 13.2 Å². The maximum absolute atomic E-state index is 13.4. The van der Waals surface area contributed by atoms with Gasteiger partial charge < -0.3 is 14.6 Å².